The van der Waals surface area contributed by atoms with Crippen LogP contribution < -0.4 is 4.90 Å². The lowest BCUT2D eigenvalue weighted by molar-refractivity contribution is -0.118. The molecular formula is C17H25NO. The van der Waals surface area contributed by atoms with Gasteiger partial charge in [-0.15, -0.1) is 0 Å². The Labute approximate surface area is 116 Å². The summed E-state index contributed by atoms with van der Waals surface area (Å²) in [5.41, 5.74) is 2.33. The smallest absolute Gasteiger partial charge is 0.127 e. The maximum absolute atomic E-state index is 11.6. The number of carbonyl (C=O) groups excluding carboxylic acids is 1. The van der Waals surface area contributed by atoms with Gasteiger partial charge in [0.05, 0.1) is 0 Å². The SMILES string of the molecule is Cc1ccc(N(C)CC2(C=O)CCCC(C)C2)cc1. The fraction of sp³-hybridized carbons (Fsp3) is 0.588. The first-order valence-corrected chi connectivity index (χ1v) is 7.29. The summed E-state index contributed by atoms with van der Waals surface area (Å²) in [5, 5.41) is 0. The Balaban J connectivity index is 2.09. The Morgan fingerprint density at radius 2 is 2.05 bits per heavy atom. The summed E-state index contributed by atoms with van der Waals surface area (Å²) in [5.74, 6) is 0.672. The van der Waals surface area contributed by atoms with Gasteiger partial charge in [0, 0.05) is 24.7 Å². The quantitative estimate of drug-likeness (QED) is 0.766. The second kappa shape index (κ2) is 5.77. The predicted octanol–water partition coefficient (Wildman–Crippen LogP) is 3.83. The molecule has 0 radical (unpaired) electrons. The fourth-order valence-corrected chi connectivity index (χ4v) is 3.35. The first-order chi connectivity index (χ1) is 9.04. The third kappa shape index (κ3) is 3.37. The van der Waals surface area contributed by atoms with Gasteiger partial charge in [0.25, 0.3) is 0 Å². The molecule has 1 fully saturated rings. The molecule has 0 saturated heterocycles. The third-order valence-electron chi connectivity index (χ3n) is 4.40. The van der Waals surface area contributed by atoms with Crippen LogP contribution in [0, 0.1) is 18.3 Å². The zero-order valence-electron chi connectivity index (χ0n) is 12.4. The van der Waals surface area contributed by atoms with E-state index in [4.69, 9.17) is 0 Å². The van der Waals surface area contributed by atoms with Gasteiger partial charge in [-0.3, -0.25) is 0 Å². The van der Waals surface area contributed by atoms with E-state index in [1.54, 1.807) is 0 Å². The molecule has 1 aliphatic carbocycles. The molecule has 19 heavy (non-hydrogen) atoms. The molecule has 104 valence electrons. The number of nitrogens with zero attached hydrogens (tertiary/aromatic N) is 1. The average molecular weight is 259 g/mol. The molecule has 1 saturated carbocycles. The molecule has 2 atom stereocenters. The Bertz CT molecular complexity index is 425. The summed E-state index contributed by atoms with van der Waals surface area (Å²) in [6.45, 7) is 5.20. The Morgan fingerprint density at radius 1 is 1.37 bits per heavy atom. The van der Waals surface area contributed by atoms with Crippen molar-refractivity contribution in [3.63, 3.8) is 0 Å². The number of rotatable bonds is 4. The second-order valence-electron chi connectivity index (χ2n) is 6.37. The van der Waals surface area contributed by atoms with Gasteiger partial charge in [0.1, 0.15) is 6.29 Å². The van der Waals surface area contributed by atoms with Gasteiger partial charge < -0.3 is 9.69 Å². The Morgan fingerprint density at radius 3 is 2.63 bits per heavy atom. The summed E-state index contributed by atoms with van der Waals surface area (Å²) in [4.78, 5) is 13.8. The monoisotopic (exact) mass is 259 g/mol. The normalized spacial score (nSPS) is 27.0. The van der Waals surface area contributed by atoms with Crippen molar-refractivity contribution >= 4 is 12.0 Å². The van der Waals surface area contributed by atoms with Gasteiger partial charge in [-0.1, -0.05) is 37.5 Å². The molecule has 2 nitrogen and oxygen atoms in total. The lowest BCUT2D eigenvalue weighted by atomic mass is 9.70. The van der Waals surface area contributed by atoms with Crippen LogP contribution in [0.15, 0.2) is 24.3 Å². The maximum Gasteiger partial charge on any atom is 0.127 e. The summed E-state index contributed by atoms with van der Waals surface area (Å²) >= 11 is 0. The van der Waals surface area contributed by atoms with E-state index in [-0.39, 0.29) is 5.41 Å². The molecule has 1 aliphatic rings. The predicted molar refractivity (Wildman–Crippen MR) is 80.6 cm³/mol. The van der Waals surface area contributed by atoms with Crippen LogP contribution in [-0.2, 0) is 4.79 Å². The van der Waals surface area contributed by atoms with Crippen molar-refractivity contribution in [1.29, 1.82) is 0 Å². The average Bonchev–Trinajstić information content (AvgIpc) is 2.39. The van der Waals surface area contributed by atoms with Crippen LogP contribution in [0.25, 0.3) is 0 Å². The topological polar surface area (TPSA) is 20.3 Å². The van der Waals surface area contributed by atoms with Crippen LogP contribution in [-0.4, -0.2) is 19.9 Å². The van der Waals surface area contributed by atoms with Crippen molar-refractivity contribution in [2.75, 3.05) is 18.5 Å². The second-order valence-corrected chi connectivity index (χ2v) is 6.37. The summed E-state index contributed by atoms with van der Waals surface area (Å²) in [6.07, 6.45) is 5.74. The minimum absolute atomic E-state index is 0.142. The first-order valence-electron chi connectivity index (χ1n) is 7.29. The van der Waals surface area contributed by atoms with Crippen LogP contribution in [0.1, 0.15) is 38.2 Å². The van der Waals surface area contributed by atoms with E-state index in [0.717, 1.165) is 19.4 Å². The molecule has 2 heteroatoms. The lowest BCUT2D eigenvalue weighted by Crippen LogP contribution is -2.40. The number of hydrogen-bond acceptors (Lipinski definition) is 2. The minimum atomic E-state index is -0.142. The van der Waals surface area contributed by atoms with E-state index in [1.807, 2.05) is 0 Å². The van der Waals surface area contributed by atoms with Crippen molar-refractivity contribution in [3.05, 3.63) is 29.8 Å². The molecular weight excluding hydrogens is 234 g/mol. The van der Waals surface area contributed by atoms with E-state index >= 15 is 0 Å². The Kier molecular flexibility index (Phi) is 4.28. The van der Waals surface area contributed by atoms with Gasteiger partial charge in [0.2, 0.25) is 0 Å². The molecule has 0 N–H and O–H groups in total. The number of aldehydes is 1. The highest BCUT2D eigenvalue weighted by Crippen LogP contribution is 2.38. The molecule has 0 bridgehead atoms. The Hall–Kier alpha value is -1.31. The molecule has 1 aromatic carbocycles. The summed E-state index contributed by atoms with van der Waals surface area (Å²) in [6, 6.07) is 8.53. The fourth-order valence-electron chi connectivity index (χ4n) is 3.35. The standard InChI is InChI=1S/C17H25NO/c1-14-6-8-16(9-7-14)18(3)12-17(13-19)10-4-5-15(2)11-17/h6-9,13,15H,4-5,10-12H2,1-3H3. The number of anilines is 1. The van der Waals surface area contributed by atoms with Crippen LogP contribution in [0.3, 0.4) is 0 Å². The zero-order chi connectivity index (χ0) is 13.9. The highest BCUT2D eigenvalue weighted by molar-refractivity contribution is 5.62. The van der Waals surface area contributed by atoms with Crippen molar-refractivity contribution < 1.29 is 4.79 Å². The van der Waals surface area contributed by atoms with E-state index in [0.29, 0.717) is 5.92 Å². The lowest BCUT2D eigenvalue weighted by Gasteiger charge is -2.39. The van der Waals surface area contributed by atoms with Gasteiger partial charge in [0.15, 0.2) is 0 Å². The van der Waals surface area contributed by atoms with Crippen LogP contribution in [0.5, 0.6) is 0 Å². The highest BCUT2D eigenvalue weighted by atomic mass is 16.1. The van der Waals surface area contributed by atoms with Crippen molar-refractivity contribution in [3.8, 4) is 0 Å². The van der Waals surface area contributed by atoms with E-state index in [1.165, 1.54) is 30.4 Å². The van der Waals surface area contributed by atoms with Crippen LogP contribution >= 0.6 is 0 Å². The largest absolute Gasteiger partial charge is 0.374 e. The van der Waals surface area contributed by atoms with Gasteiger partial charge in [-0.25, -0.2) is 0 Å². The van der Waals surface area contributed by atoms with E-state index < -0.39 is 0 Å². The third-order valence-corrected chi connectivity index (χ3v) is 4.40. The zero-order valence-corrected chi connectivity index (χ0v) is 12.4. The molecule has 0 aromatic heterocycles. The van der Waals surface area contributed by atoms with Gasteiger partial charge in [-0.2, -0.15) is 0 Å². The molecule has 1 aromatic rings. The number of hydrogen-bond donors (Lipinski definition) is 0. The van der Waals surface area contributed by atoms with Crippen molar-refractivity contribution in [1.82, 2.24) is 0 Å². The number of carbonyl (C=O) groups is 1. The van der Waals surface area contributed by atoms with Crippen LogP contribution in [0.2, 0.25) is 0 Å². The van der Waals surface area contributed by atoms with Crippen molar-refractivity contribution in [2.24, 2.45) is 11.3 Å². The maximum atomic E-state index is 11.6. The summed E-state index contributed by atoms with van der Waals surface area (Å²) < 4.78 is 0. The molecule has 2 rings (SSSR count). The van der Waals surface area contributed by atoms with Crippen molar-refractivity contribution in [2.45, 2.75) is 39.5 Å². The molecule has 0 heterocycles. The molecule has 0 spiro atoms. The van der Waals surface area contributed by atoms with Gasteiger partial charge >= 0.3 is 0 Å². The first kappa shape index (κ1) is 14.1. The minimum Gasteiger partial charge on any atom is -0.374 e. The van der Waals surface area contributed by atoms with Gasteiger partial charge in [-0.05, 0) is 37.8 Å². The van der Waals surface area contributed by atoms with Crippen LogP contribution in [0.4, 0.5) is 5.69 Å². The van der Waals surface area contributed by atoms with E-state index in [9.17, 15) is 4.79 Å². The number of benzene rings is 1. The number of aryl methyl sites for hydroxylation is 1. The summed E-state index contributed by atoms with van der Waals surface area (Å²) in [7, 11) is 2.09. The molecule has 0 amide bonds. The van der Waals surface area contributed by atoms with E-state index in [2.05, 4.69) is 50.1 Å². The highest BCUT2D eigenvalue weighted by Gasteiger charge is 2.35. The molecule has 2 unspecified atom stereocenters. The molecule has 0 aliphatic heterocycles.